The number of aliphatic hydroxyl groups is 8. The molecule has 0 radical (unpaired) electrons. The minimum absolute atomic E-state index is 0. The molecular formula is C69H98N12O23S4. The van der Waals surface area contributed by atoms with E-state index in [1.54, 1.807) is 41.5 Å². The van der Waals surface area contributed by atoms with Crippen LogP contribution in [0.3, 0.4) is 0 Å². The van der Waals surface area contributed by atoms with Crippen molar-refractivity contribution in [1.82, 2.24) is 39.8 Å². The minimum atomic E-state index is -1.30. The highest BCUT2D eigenvalue weighted by Crippen LogP contribution is 2.48. The molecule has 35 nitrogen and oxygen atoms in total. The second-order valence-corrected chi connectivity index (χ2v) is 32.7. The number of anilines is 3. The summed E-state index contributed by atoms with van der Waals surface area (Å²) in [5, 5.41) is 94.2. The van der Waals surface area contributed by atoms with Gasteiger partial charge in [0.15, 0.2) is 42.4 Å². The number of ether oxygens (including phenoxy) is 7. The molecular weight excluding hydrogens is 1490 g/mol. The first-order valence-electron chi connectivity index (χ1n) is 34.6. The first-order chi connectivity index (χ1) is 50.1. The number of fused-ring (bicyclic) bond motifs is 4. The van der Waals surface area contributed by atoms with E-state index in [9.17, 15) is 79.2 Å². The van der Waals surface area contributed by atoms with E-state index in [4.69, 9.17) is 38.6 Å². The summed E-state index contributed by atoms with van der Waals surface area (Å²) in [7, 11) is 0. The number of rotatable bonds is 17. The van der Waals surface area contributed by atoms with Crippen molar-refractivity contribution in [3.63, 3.8) is 0 Å². The van der Waals surface area contributed by atoms with Gasteiger partial charge in [0.25, 0.3) is 22.6 Å². The van der Waals surface area contributed by atoms with Crippen molar-refractivity contribution < 1.29 is 93.2 Å². The van der Waals surface area contributed by atoms with E-state index in [0.29, 0.717) is 83.2 Å². The van der Waals surface area contributed by atoms with Gasteiger partial charge in [-0.1, -0.05) is 150 Å². The van der Waals surface area contributed by atoms with E-state index in [-0.39, 0.29) is 108 Å². The van der Waals surface area contributed by atoms with E-state index >= 15 is 0 Å². The van der Waals surface area contributed by atoms with Crippen LogP contribution in [0, 0.1) is 61.2 Å². The maximum atomic E-state index is 12.3. The highest BCUT2D eigenvalue weighted by atomic mass is 32.2. The first-order valence-corrected chi connectivity index (χ1v) is 37.9. The number of hydrogen-bond donors (Lipinski definition) is 13. The number of thioether (sulfide) groups is 3. The molecule has 4 fully saturated rings. The number of esters is 3. The van der Waals surface area contributed by atoms with Gasteiger partial charge in [0, 0.05) is 6.42 Å². The summed E-state index contributed by atoms with van der Waals surface area (Å²) >= 11 is 4.11. The SMILES string of the molecule is C.C=C1Sc2c(nc(C)[nH]c2=O)N1[C@@H]1O[C@H](COC(=O)[C@@H](C)C(C)(C)C)[C@@H](O)[C@H]1O.C=C1Sc2c(nc(C)[nH]c2=O)N1[C@@H]1O[C@H](COC(=O)[C@@H](C)C(C)C)[C@@H](O)[C@H]1O.C=C1Sc2c(nc(C)[nH]c2=O)N1[C@@H]1O[C@H](COC(=O)[C@@H](CC)C(C)C)[C@@H](O)[C@H]1O.CC[C@H]1O[C@@H](n2c3c(sc2=O)C(=O)NC(=N)C3)[C@H](O)[C@@H]1O. The highest BCUT2D eigenvalue weighted by Gasteiger charge is 2.54. The van der Waals surface area contributed by atoms with Crippen LogP contribution in [0.2, 0.25) is 0 Å². The van der Waals surface area contributed by atoms with Crippen molar-refractivity contribution in [2.45, 2.75) is 236 Å². The summed E-state index contributed by atoms with van der Waals surface area (Å²) in [5.74, 6) is -0.106. The molecule has 0 aromatic carbocycles. The molecule has 0 saturated carbocycles. The zero-order valence-electron chi connectivity index (χ0n) is 61.5. The van der Waals surface area contributed by atoms with Crippen LogP contribution in [0.4, 0.5) is 17.5 Å². The zero-order chi connectivity index (χ0) is 79.2. The van der Waals surface area contributed by atoms with Crippen molar-refractivity contribution in [1.29, 1.82) is 5.41 Å². The largest absolute Gasteiger partial charge is 0.463 e. The average Bonchev–Trinajstić information content (AvgIpc) is 1.62. The van der Waals surface area contributed by atoms with Crippen molar-refractivity contribution in [3.8, 4) is 0 Å². The maximum absolute atomic E-state index is 12.3. The Balaban J connectivity index is 0.000000182. The van der Waals surface area contributed by atoms with Gasteiger partial charge in [-0.3, -0.25) is 63.0 Å². The Hall–Kier alpha value is -7.19. The summed E-state index contributed by atoms with van der Waals surface area (Å²) in [5.41, 5.74) is -0.835. The van der Waals surface area contributed by atoms with Crippen LogP contribution >= 0.6 is 46.6 Å². The average molecular weight is 1590 g/mol. The molecule has 8 aliphatic heterocycles. The first kappa shape index (κ1) is 86.4. The number of hydrogen-bond acceptors (Lipinski definition) is 34. The molecule has 0 aliphatic carbocycles. The number of aromatic amines is 3. The molecule has 4 aromatic rings. The second kappa shape index (κ2) is 35.0. The number of aliphatic hydroxyl groups excluding tert-OH is 8. The standard InChI is InChI=1S/2C19H27N3O6S.C18H25N3O6S.C12H15N3O5S.CH4/c1-8(19(4,5)6)18(26)27-7-11-12(23)13(24)17(28-11)22-10(3)29-14-15(22)20-9(2)21-16(14)25;1-6-11(8(2)3)19(26)27-7-12-13(23)14(24)18(28-12)22-10(5)29-15-16(22)20-9(4)21-17(15)25;1-7(2)8(3)18(25)26-6-11-12(22)13(23)17(27-11)21-10(5)28-14-15(21)19-9(4)20-16(14)24;1-2-5-7(16)8(17)11(20-5)15-4-3-6(13)14-10(18)9(4)21-12(15)19;/h8,11-13,17,23-24H,3,7H2,1-2,4-6H3,(H,20,21,25);8,11-14,18,23-24H,5-7H2,1-4H3,(H,20,21,25);7-8,11-13,17,22-23H,5-6H2,1-4H3,(H,19,20,24);5,7-8,11,16-17H,2-3H2,1H3,(H2,13,14,18);1H4/t8-,11-,12-,13-,17-;11-,12+,13+,14+,18+;8-,11+,12+,13+,17+;5-,7-,8-,11-;/m1001./s1. The maximum Gasteiger partial charge on any atom is 0.310 e. The molecule has 0 unspecified atom stereocenters. The Morgan fingerprint density at radius 1 is 0.556 bits per heavy atom. The lowest BCUT2D eigenvalue weighted by molar-refractivity contribution is -0.157. The number of carbonyl (C=O) groups is 4. The van der Waals surface area contributed by atoms with Crippen molar-refractivity contribution in [3.05, 3.63) is 104 Å². The number of carbonyl (C=O) groups excluding carboxylic acids is 4. The number of amides is 1. The Bertz CT molecular complexity index is 4190. The van der Waals surface area contributed by atoms with Gasteiger partial charge >= 0.3 is 22.8 Å². The molecule has 1 amide bonds. The van der Waals surface area contributed by atoms with E-state index in [1.807, 2.05) is 55.4 Å². The van der Waals surface area contributed by atoms with Crippen LogP contribution in [0.1, 0.15) is 135 Å². The minimum Gasteiger partial charge on any atom is -0.463 e. The number of aryl methyl sites for hydroxylation is 3. The summed E-state index contributed by atoms with van der Waals surface area (Å²) in [6.07, 6.45) is -16.2. The Morgan fingerprint density at radius 2 is 0.907 bits per heavy atom. The van der Waals surface area contributed by atoms with Gasteiger partial charge in [0.05, 0.1) is 44.6 Å². The summed E-state index contributed by atoms with van der Waals surface area (Å²) < 4.78 is 40.1. The van der Waals surface area contributed by atoms with Crippen molar-refractivity contribution >= 4 is 93.7 Å². The van der Waals surface area contributed by atoms with E-state index in [1.165, 1.54) is 19.3 Å². The van der Waals surface area contributed by atoms with Crippen LogP contribution < -0.4 is 41.6 Å². The number of H-pyrrole nitrogens is 3. The normalized spacial score (nSPS) is 28.3. The fourth-order valence-electron chi connectivity index (χ4n) is 12.4. The highest BCUT2D eigenvalue weighted by molar-refractivity contribution is 8.04. The monoisotopic (exact) mass is 1590 g/mol. The summed E-state index contributed by atoms with van der Waals surface area (Å²) in [4.78, 5) is 123. The smallest absolute Gasteiger partial charge is 0.310 e. The van der Waals surface area contributed by atoms with Crippen LogP contribution in [-0.2, 0) is 54.0 Å². The van der Waals surface area contributed by atoms with Crippen molar-refractivity contribution in [2.75, 3.05) is 34.5 Å². The van der Waals surface area contributed by atoms with Crippen molar-refractivity contribution in [2.24, 2.45) is 35.0 Å². The molecule has 596 valence electrons. The Labute approximate surface area is 638 Å². The molecule has 0 spiro atoms. The van der Waals surface area contributed by atoms with Crippen LogP contribution in [0.5, 0.6) is 0 Å². The Kier molecular flexibility index (Phi) is 28.0. The fraction of sp³-hybridized carbons (Fsp3) is 0.623. The van der Waals surface area contributed by atoms with Gasteiger partial charge < -0.3 is 94.3 Å². The van der Waals surface area contributed by atoms with E-state index < -0.39 is 115 Å². The lowest BCUT2D eigenvalue weighted by Crippen LogP contribution is -2.42. The van der Waals surface area contributed by atoms with Gasteiger partial charge in [-0.25, -0.2) is 15.0 Å². The molecule has 8 aliphatic rings. The number of amidine groups is 1. The second-order valence-electron chi connectivity index (χ2n) is 28.5. The number of nitrogens with zero attached hydrogens (tertiary/aromatic N) is 7. The van der Waals surface area contributed by atoms with Gasteiger partial charge in [-0.15, -0.1) is 0 Å². The third-order valence-corrected chi connectivity index (χ3v) is 23.4. The van der Waals surface area contributed by atoms with Gasteiger partial charge in [-0.2, -0.15) is 0 Å². The quantitative estimate of drug-likeness (QED) is 0.0534. The number of nitrogens with one attached hydrogen (secondary N) is 5. The topological polar surface area (TPSA) is 500 Å². The number of aromatic nitrogens is 7. The number of thiazole rings is 1. The molecule has 0 bridgehead atoms. The van der Waals surface area contributed by atoms with E-state index in [2.05, 4.69) is 55.0 Å². The van der Waals surface area contributed by atoms with Gasteiger partial charge in [0.2, 0.25) is 0 Å². The van der Waals surface area contributed by atoms with Crippen LogP contribution in [0.15, 0.2) is 68.7 Å². The summed E-state index contributed by atoms with van der Waals surface area (Å²) in [6.45, 7) is 36.9. The Morgan fingerprint density at radius 3 is 1.25 bits per heavy atom. The molecule has 13 N–H and O–H groups in total. The zero-order valence-corrected chi connectivity index (χ0v) is 64.7. The third kappa shape index (κ3) is 17.9. The molecule has 4 aromatic heterocycles. The molecule has 19 atom stereocenters. The molecule has 12 rings (SSSR count). The predicted molar refractivity (Wildman–Crippen MR) is 398 cm³/mol. The lowest BCUT2D eigenvalue weighted by atomic mass is 9.82. The third-order valence-electron chi connectivity index (χ3n) is 19.3. The van der Waals surface area contributed by atoms with Crippen LogP contribution in [-0.4, -0.2) is 217 Å². The predicted octanol–water partition coefficient (Wildman–Crippen LogP) is 2.85. The molecule has 12 heterocycles. The fourth-order valence-corrected chi connectivity index (χ4v) is 16.1. The van der Waals surface area contributed by atoms with E-state index in [0.717, 1.165) is 46.6 Å². The van der Waals surface area contributed by atoms with Crippen LogP contribution in [0.25, 0.3) is 0 Å². The van der Waals surface area contributed by atoms with Gasteiger partial charge in [0.1, 0.15) is 130 Å². The molecule has 108 heavy (non-hydrogen) atoms. The van der Waals surface area contributed by atoms with Gasteiger partial charge in [-0.05, 0) is 50.9 Å². The summed E-state index contributed by atoms with van der Waals surface area (Å²) in [6, 6.07) is 0. The lowest BCUT2D eigenvalue weighted by Gasteiger charge is -2.28. The molecule has 39 heteroatoms. The molecule has 4 saturated heterocycles.